The molecule has 56 valence electrons. The zero-order valence-corrected chi connectivity index (χ0v) is 7.18. The molecule has 1 nitrogen and oxygen atoms in total. The molecule has 0 rings (SSSR count). The Bertz CT molecular complexity index is 173. The van der Waals surface area contributed by atoms with Gasteiger partial charge in [-0.3, -0.25) is 4.99 Å². The lowest BCUT2D eigenvalue weighted by atomic mass is 10.1. The van der Waals surface area contributed by atoms with Crippen LogP contribution in [0.5, 0.6) is 0 Å². The Hall–Kier alpha value is -0.850. The monoisotopic (exact) mass is 137 g/mol. The Balaban J connectivity index is 4.39. The lowest BCUT2D eigenvalue weighted by molar-refractivity contribution is 1.41. The predicted molar refractivity (Wildman–Crippen MR) is 47.6 cm³/mol. The van der Waals surface area contributed by atoms with Crippen LogP contribution in [0.2, 0.25) is 0 Å². The van der Waals surface area contributed by atoms with Crippen LogP contribution in [-0.4, -0.2) is 12.8 Å². The number of rotatable bonds is 2. The molecule has 0 spiro atoms. The smallest absolute Gasteiger partial charge is 0.0382 e. The first kappa shape index (κ1) is 9.15. The fraction of sp³-hybridized carbons (Fsp3) is 0.444. The van der Waals surface area contributed by atoms with E-state index in [2.05, 4.69) is 17.1 Å². The minimum absolute atomic E-state index is 1.08. The summed E-state index contributed by atoms with van der Waals surface area (Å²) in [6, 6.07) is 0. The maximum atomic E-state index is 4.08. The molecule has 0 fully saturated rings. The minimum Gasteiger partial charge on any atom is -0.293 e. The molecule has 0 saturated heterocycles. The molecule has 0 aliphatic carbocycles. The van der Waals surface area contributed by atoms with E-state index in [0.717, 1.165) is 5.71 Å². The Morgan fingerprint density at radius 2 is 1.90 bits per heavy atom. The van der Waals surface area contributed by atoms with Crippen LogP contribution in [0.25, 0.3) is 0 Å². The molecule has 0 heterocycles. The van der Waals surface area contributed by atoms with Crippen molar-refractivity contribution in [2.24, 2.45) is 4.99 Å². The van der Waals surface area contributed by atoms with Gasteiger partial charge in [-0.15, -0.1) is 0 Å². The third-order valence-electron chi connectivity index (χ3n) is 1.41. The van der Waals surface area contributed by atoms with Crippen LogP contribution in [0.15, 0.2) is 28.8 Å². The van der Waals surface area contributed by atoms with E-state index in [-0.39, 0.29) is 0 Å². The van der Waals surface area contributed by atoms with Crippen LogP contribution in [0.3, 0.4) is 0 Å². The average molecular weight is 137 g/mol. The highest BCUT2D eigenvalue weighted by Gasteiger charge is 1.91. The Kier molecular flexibility index (Phi) is 4.55. The Morgan fingerprint density at radius 1 is 1.30 bits per heavy atom. The molecule has 0 aromatic heterocycles. The highest BCUT2D eigenvalue weighted by molar-refractivity contribution is 6.00. The van der Waals surface area contributed by atoms with Gasteiger partial charge in [-0.05, 0) is 26.3 Å². The van der Waals surface area contributed by atoms with E-state index in [1.54, 1.807) is 0 Å². The van der Waals surface area contributed by atoms with E-state index in [4.69, 9.17) is 0 Å². The van der Waals surface area contributed by atoms with Gasteiger partial charge in [0.15, 0.2) is 0 Å². The van der Waals surface area contributed by atoms with E-state index in [0.29, 0.717) is 0 Å². The summed E-state index contributed by atoms with van der Waals surface area (Å²) in [6.07, 6.45) is 6.13. The van der Waals surface area contributed by atoms with E-state index in [1.165, 1.54) is 5.57 Å². The standard InChI is InChI=1S/C9H15N/c1-5-7-9(6-2)8(3)10-4/h5-7H,1-4H3/b7-5-,9-6-,10-8?. The molecule has 0 atom stereocenters. The SMILES string of the molecule is C/C=C\C(=C\C)C(C)=NC. The highest BCUT2D eigenvalue weighted by atomic mass is 14.7. The summed E-state index contributed by atoms with van der Waals surface area (Å²) in [5.41, 5.74) is 2.28. The topological polar surface area (TPSA) is 12.4 Å². The lowest BCUT2D eigenvalue weighted by Crippen LogP contribution is -1.92. The molecule has 0 amide bonds. The van der Waals surface area contributed by atoms with Gasteiger partial charge < -0.3 is 0 Å². The van der Waals surface area contributed by atoms with Gasteiger partial charge in [-0.2, -0.15) is 0 Å². The second-order valence-corrected chi connectivity index (χ2v) is 2.05. The average Bonchev–Trinajstić information content (AvgIpc) is 1.99. The van der Waals surface area contributed by atoms with Gasteiger partial charge in [0.25, 0.3) is 0 Å². The summed E-state index contributed by atoms with van der Waals surface area (Å²) in [5.74, 6) is 0. The Labute approximate surface area is 63.2 Å². The molecule has 1 heteroatoms. The first-order chi connectivity index (χ1) is 4.76. The van der Waals surface area contributed by atoms with E-state index < -0.39 is 0 Å². The minimum atomic E-state index is 1.08. The van der Waals surface area contributed by atoms with Crippen molar-refractivity contribution in [2.45, 2.75) is 20.8 Å². The molecule has 0 radical (unpaired) electrons. The number of aliphatic imine (C=N–C) groups is 1. The van der Waals surface area contributed by atoms with E-state index >= 15 is 0 Å². The molecular weight excluding hydrogens is 122 g/mol. The summed E-state index contributed by atoms with van der Waals surface area (Å²) in [6.45, 7) is 6.03. The second kappa shape index (κ2) is 4.98. The first-order valence-corrected chi connectivity index (χ1v) is 3.49. The fourth-order valence-electron chi connectivity index (χ4n) is 0.734. The lowest BCUT2D eigenvalue weighted by Gasteiger charge is -1.96. The quantitative estimate of drug-likeness (QED) is 0.410. The maximum absolute atomic E-state index is 4.08. The summed E-state index contributed by atoms with van der Waals surface area (Å²) in [4.78, 5) is 4.08. The molecule has 0 aromatic carbocycles. The molecule has 0 saturated carbocycles. The number of hydrogen-bond acceptors (Lipinski definition) is 1. The number of hydrogen-bond donors (Lipinski definition) is 0. The molecule has 0 unspecified atom stereocenters. The van der Waals surface area contributed by atoms with Crippen LogP contribution >= 0.6 is 0 Å². The molecule has 0 aliphatic rings. The first-order valence-electron chi connectivity index (χ1n) is 3.49. The third-order valence-corrected chi connectivity index (χ3v) is 1.41. The zero-order valence-electron chi connectivity index (χ0n) is 7.18. The number of nitrogens with zero attached hydrogens (tertiary/aromatic N) is 1. The van der Waals surface area contributed by atoms with Gasteiger partial charge in [0, 0.05) is 12.8 Å². The van der Waals surface area contributed by atoms with Crippen molar-refractivity contribution in [3.63, 3.8) is 0 Å². The zero-order chi connectivity index (χ0) is 7.98. The summed E-state index contributed by atoms with van der Waals surface area (Å²) in [7, 11) is 1.81. The highest BCUT2D eigenvalue weighted by Crippen LogP contribution is 1.99. The van der Waals surface area contributed by atoms with Gasteiger partial charge in [0.05, 0.1) is 0 Å². The van der Waals surface area contributed by atoms with Crippen molar-refractivity contribution in [3.05, 3.63) is 23.8 Å². The maximum Gasteiger partial charge on any atom is 0.0382 e. The van der Waals surface area contributed by atoms with Crippen molar-refractivity contribution in [1.29, 1.82) is 0 Å². The normalized spacial score (nSPS) is 14.8. The largest absolute Gasteiger partial charge is 0.293 e. The third kappa shape index (κ3) is 2.62. The van der Waals surface area contributed by atoms with Crippen molar-refractivity contribution in [2.75, 3.05) is 7.05 Å². The van der Waals surface area contributed by atoms with Gasteiger partial charge in [0.1, 0.15) is 0 Å². The van der Waals surface area contributed by atoms with Gasteiger partial charge in [-0.1, -0.05) is 18.2 Å². The summed E-state index contributed by atoms with van der Waals surface area (Å²) in [5, 5.41) is 0. The second-order valence-electron chi connectivity index (χ2n) is 2.05. The van der Waals surface area contributed by atoms with Gasteiger partial charge in [0.2, 0.25) is 0 Å². The Morgan fingerprint density at radius 3 is 2.20 bits per heavy atom. The summed E-state index contributed by atoms with van der Waals surface area (Å²) < 4.78 is 0. The fourth-order valence-corrected chi connectivity index (χ4v) is 0.734. The van der Waals surface area contributed by atoms with Crippen molar-refractivity contribution in [1.82, 2.24) is 0 Å². The van der Waals surface area contributed by atoms with Crippen molar-refractivity contribution < 1.29 is 0 Å². The van der Waals surface area contributed by atoms with E-state index in [9.17, 15) is 0 Å². The molecule has 0 aliphatic heterocycles. The molecule has 0 aromatic rings. The predicted octanol–water partition coefficient (Wildman–Crippen LogP) is 2.60. The molecular formula is C9H15N. The van der Waals surface area contributed by atoms with Crippen LogP contribution in [0, 0.1) is 0 Å². The molecule has 0 bridgehead atoms. The molecule has 0 N–H and O–H groups in total. The number of allylic oxidation sites excluding steroid dienone is 4. The summed E-state index contributed by atoms with van der Waals surface area (Å²) >= 11 is 0. The molecule has 10 heavy (non-hydrogen) atoms. The van der Waals surface area contributed by atoms with Crippen molar-refractivity contribution >= 4 is 5.71 Å². The van der Waals surface area contributed by atoms with Crippen LogP contribution in [-0.2, 0) is 0 Å². The van der Waals surface area contributed by atoms with Crippen LogP contribution in [0.1, 0.15) is 20.8 Å². The van der Waals surface area contributed by atoms with Crippen LogP contribution < -0.4 is 0 Å². The van der Waals surface area contributed by atoms with E-state index in [1.807, 2.05) is 33.9 Å². The van der Waals surface area contributed by atoms with Gasteiger partial charge in [-0.25, -0.2) is 0 Å². The van der Waals surface area contributed by atoms with Gasteiger partial charge >= 0.3 is 0 Å². The van der Waals surface area contributed by atoms with Crippen molar-refractivity contribution in [3.8, 4) is 0 Å². The van der Waals surface area contributed by atoms with Crippen LogP contribution in [0.4, 0.5) is 0 Å².